The number of hydrogen-bond acceptors (Lipinski definition) is 4. The molecule has 22 heavy (non-hydrogen) atoms. The van der Waals surface area contributed by atoms with Crippen LogP contribution in [-0.2, 0) is 4.74 Å². The number of ether oxygens (including phenoxy) is 1. The zero-order valence-electron chi connectivity index (χ0n) is 13.1. The van der Waals surface area contributed by atoms with Gasteiger partial charge in [0.25, 0.3) is 0 Å². The van der Waals surface area contributed by atoms with Gasteiger partial charge in [-0.3, -0.25) is 4.79 Å². The van der Waals surface area contributed by atoms with Crippen molar-refractivity contribution in [1.29, 1.82) is 0 Å². The Morgan fingerprint density at radius 1 is 1.23 bits per heavy atom. The third kappa shape index (κ3) is 4.22. The molecule has 2 rings (SSSR count). The van der Waals surface area contributed by atoms with Crippen LogP contribution in [0.2, 0.25) is 0 Å². The SMILES string of the molecule is CC(C)(C)OC(=O)N1CCN(c2ccc(C=O)c(Br)c2)CC1. The Hall–Kier alpha value is -1.56. The summed E-state index contributed by atoms with van der Waals surface area (Å²) >= 11 is 3.40. The van der Waals surface area contributed by atoms with Crippen LogP contribution in [0.3, 0.4) is 0 Å². The van der Waals surface area contributed by atoms with E-state index in [1.807, 2.05) is 32.9 Å². The summed E-state index contributed by atoms with van der Waals surface area (Å²) in [6.07, 6.45) is 0.568. The fourth-order valence-corrected chi connectivity index (χ4v) is 2.74. The van der Waals surface area contributed by atoms with Crippen LogP contribution >= 0.6 is 15.9 Å². The van der Waals surface area contributed by atoms with Crippen molar-refractivity contribution in [3.8, 4) is 0 Å². The number of anilines is 1. The Morgan fingerprint density at radius 2 is 1.86 bits per heavy atom. The summed E-state index contributed by atoms with van der Waals surface area (Å²) in [7, 11) is 0. The second kappa shape index (κ2) is 6.69. The molecule has 120 valence electrons. The van der Waals surface area contributed by atoms with Gasteiger partial charge in [0.1, 0.15) is 5.60 Å². The normalized spacial score (nSPS) is 15.6. The monoisotopic (exact) mass is 368 g/mol. The highest BCUT2D eigenvalue weighted by atomic mass is 79.9. The van der Waals surface area contributed by atoms with Gasteiger partial charge in [-0.15, -0.1) is 0 Å². The number of nitrogens with zero attached hydrogens (tertiary/aromatic N) is 2. The molecule has 1 amide bonds. The molecule has 0 spiro atoms. The van der Waals surface area contributed by atoms with Gasteiger partial charge in [0.2, 0.25) is 0 Å². The number of hydrogen-bond donors (Lipinski definition) is 0. The van der Waals surface area contributed by atoms with E-state index in [4.69, 9.17) is 4.74 Å². The zero-order chi connectivity index (χ0) is 16.3. The Kier molecular flexibility index (Phi) is 5.11. The number of carbonyl (C=O) groups is 2. The van der Waals surface area contributed by atoms with Gasteiger partial charge in [0.05, 0.1) is 0 Å². The van der Waals surface area contributed by atoms with Gasteiger partial charge in [0, 0.05) is 41.9 Å². The molecule has 1 saturated heterocycles. The molecule has 0 N–H and O–H groups in total. The fraction of sp³-hybridized carbons (Fsp3) is 0.500. The van der Waals surface area contributed by atoms with Crippen molar-refractivity contribution >= 4 is 34.0 Å². The fourth-order valence-electron chi connectivity index (χ4n) is 2.28. The molecule has 0 radical (unpaired) electrons. The predicted molar refractivity (Wildman–Crippen MR) is 89.5 cm³/mol. The van der Waals surface area contributed by atoms with E-state index >= 15 is 0 Å². The van der Waals surface area contributed by atoms with E-state index in [2.05, 4.69) is 20.8 Å². The molecular formula is C16H21BrN2O3. The lowest BCUT2D eigenvalue weighted by Crippen LogP contribution is -2.50. The molecule has 5 nitrogen and oxygen atoms in total. The van der Waals surface area contributed by atoms with Crippen LogP contribution in [0.4, 0.5) is 10.5 Å². The Bertz CT molecular complexity index is 561. The Balaban J connectivity index is 1.96. The molecule has 0 atom stereocenters. The lowest BCUT2D eigenvalue weighted by molar-refractivity contribution is 0.0240. The molecule has 0 saturated carbocycles. The first kappa shape index (κ1) is 16.8. The lowest BCUT2D eigenvalue weighted by atomic mass is 10.2. The molecule has 1 aliphatic heterocycles. The van der Waals surface area contributed by atoms with Crippen molar-refractivity contribution in [1.82, 2.24) is 4.90 Å². The second-order valence-electron chi connectivity index (χ2n) is 6.28. The van der Waals surface area contributed by atoms with Crippen LogP contribution in [0.25, 0.3) is 0 Å². The highest BCUT2D eigenvalue weighted by Gasteiger charge is 2.26. The number of amides is 1. The average Bonchev–Trinajstić information content (AvgIpc) is 2.45. The summed E-state index contributed by atoms with van der Waals surface area (Å²) in [6.45, 7) is 8.34. The van der Waals surface area contributed by atoms with E-state index < -0.39 is 5.60 Å². The van der Waals surface area contributed by atoms with Crippen LogP contribution in [-0.4, -0.2) is 49.1 Å². The highest BCUT2D eigenvalue weighted by molar-refractivity contribution is 9.10. The van der Waals surface area contributed by atoms with Gasteiger partial charge in [0.15, 0.2) is 6.29 Å². The number of carbonyl (C=O) groups excluding carboxylic acids is 2. The van der Waals surface area contributed by atoms with Gasteiger partial charge >= 0.3 is 6.09 Å². The van der Waals surface area contributed by atoms with Gasteiger partial charge in [-0.1, -0.05) is 0 Å². The molecule has 1 fully saturated rings. The smallest absolute Gasteiger partial charge is 0.410 e. The molecule has 0 bridgehead atoms. The van der Waals surface area contributed by atoms with E-state index in [1.54, 1.807) is 11.0 Å². The third-order valence-corrected chi connectivity index (χ3v) is 4.09. The summed E-state index contributed by atoms with van der Waals surface area (Å²) in [6, 6.07) is 5.66. The molecule has 1 aromatic rings. The summed E-state index contributed by atoms with van der Waals surface area (Å²) in [4.78, 5) is 26.8. The summed E-state index contributed by atoms with van der Waals surface area (Å²) in [5, 5.41) is 0. The minimum absolute atomic E-state index is 0.260. The van der Waals surface area contributed by atoms with E-state index in [9.17, 15) is 9.59 Å². The quantitative estimate of drug-likeness (QED) is 0.751. The summed E-state index contributed by atoms with van der Waals surface area (Å²) in [5.74, 6) is 0. The molecule has 6 heteroatoms. The van der Waals surface area contributed by atoms with Crippen LogP contribution in [0.1, 0.15) is 31.1 Å². The van der Waals surface area contributed by atoms with Crippen molar-refractivity contribution in [2.75, 3.05) is 31.1 Å². The first-order chi connectivity index (χ1) is 10.3. The summed E-state index contributed by atoms with van der Waals surface area (Å²) in [5.41, 5.74) is 1.21. The zero-order valence-corrected chi connectivity index (χ0v) is 14.7. The highest BCUT2D eigenvalue weighted by Crippen LogP contribution is 2.24. The largest absolute Gasteiger partial charge is 0.444 e. The maximum Gasteiger partial charge on any atom is 0.410 e. The third-order valence-electron chi connectivity index (χ3n) is 3.41. The van der Waals surface area contributed by atoms with Crippen LogP contribution in [0.5, 0.6) is 0 Å². The van der Waals surface area contributed by atoms with Gasteiger partial charge in [-0.05, 0) is 54.9 Å². The maximum atomic E-state index is 12.0. The van der Waals surface area contributed by atoms with Crippen molar-refractivity contribution in [3.63, 3.8) is 0 Å². The van der Waals surface area contributed by atoms with Crippen molar-refractivity contribution in [3.05, 3.63) is 28.2 Å². The number of piperazine rings is 1. The topological polar surface area (TPSA) is 49.9 Å². The lowest BCUT2D eigenvalue weighted by Gasteiger charge is -2.36. The van der Waals surface area contributed by atoms with Crippen molar-refractivity contribution < 1.29 is 14.3 Å². The molecular weight excluding hydrogens is 348 g/mol. The van der Waals surface area contributed by atoms with E-state index in [0.29, 0.717) is 18.7 Å². The van der Waals surface area contributed by atoms with E-state index in [0.717, 1.165) is 29.5 Å². The predicted octanol–water partition coefficient (Wildman–Crippen LogP) is 3.32. The van der Waals surface area contributed by atoms with Gasteiger partial charge in [-0.25, -0.2) is 4.79 Å². The number of halogens is 1. The average molecular weight is 369 g/mol. The second-order valence-corrected chi connectivity index (χ2v) is 7.13. The van der Waals surface area contributed by atoms with Crippen LogP contribution in [0.15, 0.2) is 22.7 Å². The number of aldehydes is 1. The molecule has 1 heterocycles. The molecule has 0 unspecified atom stereocenters. The number of benzene rings is 1. The number of rotatable bonds is 2. The first-order valence-electron chi connectivity index (χ1n) is 7.28. The minimum atomic E-state index is -0.469. The molecule has 1 aliphatic rings. The van der Waals surface area contributed by atoms with Crippen molar-refractivity contribution in [2.45, 2.75) is 26.4 Å². The van der Waals surface area contributed by atoms with Gasteiger partial charge in [-0.2, -0.15) is 0 Å². The molecule has 0 aliphatic carbocycles. The molecule has 1 aromatic carbocycles. The van der Waals surface area contributed by atoms with Crippen molar-refractivity contribution in [2.24, 2.45) is 0 Å². The standard InChI is InChI=1S/C16H21BrN2O3/c1-16(2,3)22-15(21)19-8-6-18(7-9-19)13-5-4-12(11-20)14(17)10-13/h4-5,10-11H,6-9H2,1-3H3. The molecule has 0 aromatic heterocycles. The maximum absolute atomic E-state index is 12.0. The van der Waals surface area contributed by atoms with E-state index in [-0.39, 0.29) is 6.09 Å². The van der Waals surface area contributed by atoms with Gasteiger partial charge < -0.3 is 14.5 Å². The van der Waals surface area contributed by atoms with E-state index in [1.165, 1.54) is 0 Å². The minimum Gasteiger partial charge on any atom is -0.444 e. The first-order valence-corrected chi connectivity index (χ1v) is 8.07. The summed E-state index contributed by atoms with van der Waals surface area (Å²) < 4.78 is 6.18. The van der Waals surface area contributed by atoms with Crippen LogP contribution in [0, 0.1) is 0 Å². The Labute approximate surface area is 139 Å². The van der Waals surface area contributed by atoms with Crippen LogP contribution < -0.4 is 4.90 Å². The Morgan fingerprint density at radius 3 is 2.36 bits per heavy atom.